The third-order valence-electron chi connectivity index (χ3n) is 4.66. The molecule has 0 bridgehead atoms. The molecule has 126 valence electrons. The summed E-state index contributed by atoms with van der Waals surface area (Å²) in [7, 11) is 0. The normalized spacial score (nSPS) is 16.4. The van der Waals surface area contributed by atoms with Crippen LogP contribution in [-0.2, 0) is 6.42 Å². The molecule has 0 saturated carbocycles. The Bertz CT molecular complexity index is 1090. The Labute approximate surface area is 148 Å². The number of furan rings is 1. The van der Waals surface area contributed by atoms with Crippen molar-refractivity contribution in [1.82, 2.24) is 19.9 Å². The quantitative estimate of drug-likeness (QED) is 0.602. The van der Waals surface area contributed by atoms with Crippen LogP contribution in [0.25, 0.3) is 11.0 Å². The summed E-state index contributed by atoms with van der Waals surface area (Å²) in [4.78, 5) is 18.6. The van der Waals surface area contributed by atoms with Gasteiger partial charge in [-0.2, -0.15) is 5.26 Å². The van der Waals surface area contributed by atoms with Gasteiger partial charge in [-0.15, -0.1) is 0 Å². The molecular weight excluding hydrogens is 328 g/mol. The van der Waals surface area contributed by atoms with E-state index in [0.717, 1.165) is 41.1 Å². The zero-order valence-electron chi connectivity index (χ0n) is 13.8. The number of hydrogen-bond donors (Lipinski definition) is 1. The summed E-state index contributed by atoms with van der Waals surface area (Å²) in [6.07, 6.45) is 5.61. The van der Waals surface area contributed by atoms with Crippen molar-refractivity contribution in [2.24, 2.45) is 0 Å². The zero-order chi connectivity index (χ0) is 17.5. The van der Waals surface area contributed by atoms with Crippen molar-refractivity contribution in [2.75, 3.05) is 11.4 Å². The van der Waals surface area contributed by atoms with Gasteiger partial charge in [-0.25, -0.2) is 15.0 Å². The molecule has 0 unspecified atom stereocenters. The number of aromatic amines is 1. The summed E-state index contributed by atoms with van der Waals surface area (Å²) in [6.45, 7) is 0.725. The predicted octanol–water partition coefficient (Wildman–Crippen LogP) is 2.97. The predicted molar refractivity (Wildman–Crippen MR) is 94.4 cm³/mol. The number of nitrogens with one attached hydrogen (secondary N) is 1. The number of fused-ring (bicyclic) bond motifs is 2. The van der Waals surface area contributed by atoms with Gasteiger partial charge in [-0.1, -0.05) is 18.2 Å². The van der Waals surface area contributed by atoms with Crippen LogP contribution in [0.1, 0.15) is 28.8 Å². The minimum absolute atomic E-state index is 0.217. The molecule has 1 aliphatic rings. The minimum atomic E-state index is -0.217. The van der Waals surface area contributed by atoms with Crippen molar-refractivity contribution < 1.29 is 4.42 Å². The lowest BCUT2D eigenvalue weighted by Gasteiger charge is -2.33. The van der Waals surface area contributed by atoms with Crippen LogP contribution in [0.2, 0.25) is 0 Å². The highest BCUT2D eigenvalue weighted by atomic mass is 16.3. The van der Waals surface area contributed by atoms with Crippen LogP contribution in [0.4, 0.5) is 5.95 Å². The lowest BCUT2D eigenvalue weighted by Crippen LogP contribution is -2.37. The molecule has 7 heteroatoms. The molecule has 0 spiro atoms. The molecule has 0 amide bonds. The standard InChI is InChI=1S/C19H14N6O/c20-8-12-9-21-19(22-10-12)25-6-5-14-17(24-11-23-14)18(25)16-7-13-3-1-2-4-15(13)26-16/h1-4,7,9-11,18H,5-6H2,(H,23,24)/t18-/m1/s1. The molecule has 1 aliphatic heterocycles. The molecule has 4 aromatic rings. The second kappa shape index (κ2) is 5.70. The fourth-order valence-electron chi connectivity index (χ4n) is 3.44. The molecule has 1 aromatic carbocycles. The molecule has 7 nitrogen and oxygen atoms in total. The third kappa shape index (κ3) is 2.24. The monoisotopic (exact) mass is 342 g/mol. The number of benzene rings is 1. The second-order valence-electron chi connectivity index (χ2n) is 6.18. The Hall–Kier alpha value is -3.66. The van der Waals surface area contributed by atoms with E-state index in [4.69, 9.17) is 9.68 Å². The van der Waals surface area contributed by atoms with E-state index < -0.39 is 0 Å². The summed E-state index contributed by atoms with van der Waals surface area (Å²) < 4.78 is 6.13. The van der Waals surface area contributed by atoms with Crippen molar-refractivity contribution in [2.45, 2.75) is 12.5 Å². The number of para-hydroxylation sites is 1. The summed E-state index contributed by atoms with van der Waals surface area (Å²) in [6, 6.07) is 11.8. The molecule has 5 rings (SSSR count). The van der Waals surface area contributed by atoms with Crippen LogP contribution in [0.15, 0.2) is 53.5 Å². The van der Waals surface area contributed by atoms with Crippen LogP contribution >= 0.6 is 0 Å². The third-order valence-corrected chi connectivity index (χ3v) is 4.66. The second-order valence-corrected chi connectivity index (χ2v) is 6.18. The van der Waals surface area contributed by atoms with Crippen molar-refractivity contribution in [1.29, 1.82) is 5.26 Å². The maximum absolute atomic E-state index is 8.98. The maximum atomic E-state index is 8.98. The average molecular weight is 342 g/mol. The van der Waals surface area contributed by atoms with E-state index in [0.29, 0.717) is 11.5 Å². The van der Waals surface area contributed by atoms with E-state index in [1.165, 1.54) is 12.4 Å². The summed E-state index contributed by atoms with van der Waals surface area (Å²) in [5.74, 6) is 1.36. The maximum Gasteiger partial charge on any atom is 0.226 e. The molecule has 0 fully saturated rings. The van der Waals surface area contributed by atoms with Gasteiger partial charge >= 0.3 is 0 Å². The number of hydrogen-bond acceptors (Lipinski definition) is 6. The molecule has 1 atom stereocenters. The molecule has 0 radical (unpaired) electrons. The van der Waals surface area contributed by atoms with Gasteiger partial charge in [0.25, 0.3) is 0 Å². The number of aromatic nitrogens is 4. The fraction of sp³-hybridized carbons (Fsp3) is 0.158. The first-order valence-electron chi connectivity index (χ1n) is 8.33. The van der Waals surface area contributed by atoms with Crippen molar-refractivity contribution in [3.05, 3.63) is 71.8 Å². The van der Waals surface area contributed by atoms with Gasteiger partial charge in [0.05, 0.1) is 30.0 Å². The SMILES string of the molecule is N#Cc1cnc(N2CCc3[nH]cnc3[C@H]2c2cc3ccccc3o2)nc1. The molecule has 4 heterocycles. The number of rotatable bonds is 2. The highest BCUT2D eigenvalue weighted by molar-refractivity contribution is 5.78. The zero-order valence-corrected chi connectivity index (χ0v) is 13.8. The number of imidazole rings is 1. The molecule has 0 saturated heterocycles. The van der Waals surface area contributed by atoms with Gasteiger partial charge in [0.1, 0.15) is 23.5 Å². The highest BCUT2D eigenvalue weighted by Gasteiger charge is 2.35. The first-order valence-corrected chi connectivity index (χ1v) is 8.33. The van der Waals surface area contributed by atoms with E-state index in [2.05, 4.69) is 24.8 Å². The van der Waals surface area contributed by atoms with Crippen LogP contribution in [0, 0.1) is 11.3 Å². The molecule has 1 N–H and O–H groups in total. The van der Waals surface area contributed by atoms with Crippen molar-refractivity contribution in [3.8, 4) is 6.07 Å². The van der Waals surface area contributed by atoms with E-state index in [9.17, 15) is 0 Å². The molecular formula is C19H14N6O. The Morgan fingerprint density at radius 1 is 1.19 bits per heavy atom. The van der Waals surface area contributed by atoms with E-state index >= 15 is 0 Å². The molecule has 0 aliphatic carbocycles. The van der Waals surface area contributed by atoms with Crippen LogP contribution in [0.5, 0.6) is 0 Å². The topological polar surface area (TPSA) is 94.6 Å². The van der Waals surface area contributed by atoms with E-state index in [-0.39, 0.29) is 6.04 Å². The van der Waals surface area contributed by atoms with E-state index in [1.54, 1.807) is 6.33 Å². The van der Waals surface area contributed by atoms with Gasteiger partial charge in [-0.05, 0) is 12.1 Å². The lowest BCUT2D eigenvalue weighted by atomic mass is 10.0. The molecule has 26 heavy (non-hydrogen) atoms. The van der Waals surface area contributed by atoms with E-state index in [1.807, 2.05) is 36.4 Å². The van der Waals surface area contributed by atoms with Crippen LogP contribution in [-0.4, -0.2) is 26.5 Å². The summed E-state index contributed by atoms with van der Waals surface area (Å²) in [5.41, 5.74) is 3.29. The highest BCUT2D eigenvalue weighted by Crippen LogP contribution is 2.37. The first kappa shape index (κ1) is 14.7. The van der Waals surface area contributed by atoms with Crippen molar-refractivity contribution >= 4 is 16.9 Å². The Balaban J connectivity index is 1.65. The van der Waals surface area contributed by atoms with Gasteiger partial charge in [0.15, 0.2) is 0 Å². The smallest absolute Gasteiger partial charge is 0.226 e. The van der Waals surface area contributed by atoms with Gasteiger partial charge in [-0.3, -0.25) is 0 Å². The number of anilines is 1. The number of nitrogens with zero attached hydrogens (tertiary/aromatic N) is 5. The first-order chi connectivity index (χ1) is 12.8. The largest absolute Gasteiger partial charge is 0.458 e. The molecule has 3 aromatic heterocycles. The Kier molecular flexibility index (Phi) is 3.22. The Morgan fingerprint density at radius 3 is 2.85 bits per heavy atom. The summed E-state index contributed by atoms with van der Waals surface area (Å²) in [5, 5.41) is 10.0. The van der Waals surface area contributed by atoms with Crippen LogP contribution in [0.3, 0.4) is 0 Å². The number of H-pyrrole nitrogens is 1. The van der Waals surface area contributed by atoms with Gasteiger partial charge in [0, 0.05) is 24.0 Å². The lowest BCUT2D eigenvalue weighted by molar-refractivity contribution is 0.483. The Morgan fingerprint density at radius 2 is 2.04 bits per heavy atom. The van der Waals surface area contributed by atoms with Crippen molar-refractivity contribution in [3.63, 3.8) is 0 Å². The number of nitriles is 1. The van der Waals surface area contributed by atoms with Crippen LogP contribution < -0.4 is 4.90 Å². The summed E-state index contributed by atoms with van der Waals surface area (Å²) >= 11 is 0. The fourth-order valence-corrected chi connectivity index (χ4v) is 3.44. The van der Waals surface area contributed by atoms with Gasteiger partial charge < -0.3 is 14.3 Å². The minimum Gasteiger partial charge on any atom is -0.458 e. The average Bonchev–Trinajstić information content (AvgIpc) is 3.33. The van der Waals surface area contributed by atoms with Gasteiger partial charge in [0.2, 0.25) is 5.95 Å².